The summed E-state index contributed by atoms with van der Waals surface area (Å²) in [4.78, 5) is -3.17. The first-order valence-electron chi connectivity index (χ1n) is 4.10. The van der Waals surface area contributed by atoms with Crippen LogP contribution >= 0.6 is 0 Å². The zero-order chi connectivity index (χ0) is 15.4. The van der Waals surface area contributed by atoms with Gasteiger partial charge in [-0.15, -0.1) is 4.90 Å². The molecule has 1 aliphatic heterocycles. The van der Waals surface area contributed by atoms with E-state index in [2.05, 4.69) is 4.74 Å². The molecule has 1 atom stereocenters. The molecule has 1 aliphatic rings. The summed E-state index contributed by atoms with van der Waals surface area (Å²) in [6.45, 7) is 0. The molecule has 19 heavy (non-hydrogen) atoms. The van der Waals surface area contributed by atoms with E-state index < -0.39 is 41.9 Å². The Kier molecular flexibility index (Phi) is 3.47. The molecule has 1 fully saturated rings. The first-order chi connectivity index (χ1) is 8.19. The minimum atomic E-state index is -6.57. The molecule has 2 nitrogen and oxygen atoms in total. The average Bonchev–Trinajstić information content (AvgIpc) is 2.12. The maximum atomic E-state index is 12.8. The van der Waals surface area contributed by atoms with Crippen molar-refractivity contribution in [1.29, 1.82) is 0 Å². The third-order valence-electron chi connectivity index (χ3n) is 2.01. The van der Waals surface area contributed by atoms with E-state index in [1.807, 2.05) is 0 Å². The van der Waals surface area contributed by atoms with Crippen molar-refractivity contribution in [2.24, 2.45) is 0 Å². The summed E-state index contributed by atoms with van der Waals surface area (Å²) in [6, 6.07) is -19.1. The summed E-state index contributed by atoms with van der Waals surface area (Å²) < 4.78 is 139. The summed E-state index contributed by atoms with van der Waals surface area (Å²) in [6.07, 6.45) is -16.0. The molecule has 0 saturated carbocycles. The number of alkyl halides is 11. The van der Waals surface area contributed by atoms with E-state index in [0.29, 0.717) is 0 Å². The molecule has 0 amide bonds. The van der Waals surface area contributed by atoms with Crippen molar-refractivity contribution < 1.29 is 53.0 Å². The first kappa shape index (κ1) is 16.2. The Morgan fingerprint density at radius 1 is 1.00 bits per heavy atom. The van der Waals surface area contributed by atoms with Gasteiger partial charge in [0.15, 0.2) is 0 Å². The number of halogens is 11. The van der Waals surface area contributed by atoms with Crippen LogP contribution in [-0.2, 0) is 4.74 Å². The molecule has 13 heteroatoms. The largest absolute Gasteiger partial charge is 0.437 e. The predicted octanol–water partition coefficient (Wildman–Crippen LogP) is 3.25. The summed E-state index contributed by atoms with van der Waals surface area (Å²) >= 11 is 0. The summed E-state index contributed by atoms with van der Waals surface area (Å²) in [7, 11) is 0. The third kappa shape index (κ3) is 2.11. The van der Waals surface area contributed by atoms with Crippen molar-refractivity contribution in [2.75, 3.05) is 0 Å². The summed E-state index contributed by atoms with van der Waals surface area (Å²) in [5.41, 5.74) is 0. The molecule has 0 aliphatic carbocycles. The summed E-state index contributed by atoms with van der Waals surface area (Å²) in [5, 5.41) is 0. The fraction of sp³-hybridized carbons (Fsp3) is 1.00. The minimum Gasteiger partial charge on any atom is -0.272 e. The molecule has 1 unspecified atom stereocenters. The molecule has 0 spiro atoms. The highest BCUT2D eigenvalue weighted by atomic mass is 19.3. The fourth-order valence-corrected chi connectivity index (χ4v) is 1.17. The quantitative estimate of drug-likeness (QED) is 0.573. The van der Waals surface area contributed by atoms with Gasteiger partial charge >= 0.3 is 30.7 Å². The van der Waals surface area contributed by atoms with Crippen molar-refractivity contribution in [3.8, 4) is 0 Å². The molecule has 1 heterocycles. The van der Waals surface area contributed by atoms with Crippen LogP contribution in [0.25, 0.3) is 0 Å². The van der Waals surface area contributed by atoms with E-state index in [0.717, 1.165) is 0 Å². The van der Waals surface area contributed by atoms with Crippen molar-refractivity contribution in [3.05, 3.63) is 0 Å². The lowest BCUT2D eigenvalue weighted by atomic mass is 10.2. The Hall–Kier alpha value is -0.850. The maximum absolute atomic E-state index is 12.8. The lowest BCUT2D eigenvalue weighted by molar-refractivity contribution is -0.542. The second-order valence-electron chi connectivity index (χ2n) is 3.30. The van der Waals surface area contributed by atoms with E-state index in [1.54, 1.807) is 0 Å². The molecular formula is C6H2F11NO. The zero-order valence-corrected chi connectivity index (χ0v) is 8.17. The number of hydrogen-bond donors (Lipinski definition) is 0. The van der Waals surface area contributed by atoms with E-state index in [4.69, 9.17) is 0 Å². The monoisotopic (exact) mass is 313 g/mol. The highest BCUT2D eigenvalue weighted by molar-refractivity contribution is 4.95. The maximum Gasteiger partial charge on any atom is 0.437 e. The molecule has 0 radical (unpaired) electrons. The van der Waals surface area contributed by atoms with Gasteiger partial charge < -0.3 is 0 Å². The fourth-order valence-electron chi connectivity index (χ4n) is 1.17. The van der Waals surface area contributed by atoms with Crippen LogP contribution in [0.15, 0.2) is 0 Å². The third-order valence-corrected chi connectivity index (χ3v) is 2.01. The molecule has 0 aromatic carbocycles. The van der Waals surface area contributed by atoms with Gasteiger partial charge in [0.2, 0.25) is 0 Å². The molecule has 0 N–H and O–H groups in total. The Labute approximate surface area is 96.3 Å². The summed E-state index contributed by atoms with van der Waals surface area (Å²) in [5.74, 6) is 0. The topological polar surface area (TPSA) is 12.5 Å². The van der Waals surface area contributed by atoms with Crippen LogP contribution in [0.2, 0.25) is 0 Å². The molecule has 1 rings (SSSR count). The van der Waals surface area contributed by atoms with Crippen LogP contribution in [-0.4, -0.2) is 41.9 Å². The van der Waals surface area contributed by atoms with Gasteiger partial charge in [0.25, 0.3) is 6.36 Å². The van der Waals surface area contributed by atoms with Crippen molar-refractivity contribution in [3.63, 3.8) is 0 Å². The lowest BCUT2D eigenvalue weighted by Gasteiger charge is -2.47. The Morgan fingerprint density at radius 3 is 1.79 bits per heavy atom. The highest BCUT2D eigenvalue weighted by Crippen LogP contribution is 2.55. The molecule has 0 bridgehead atoms. The van der Waals surface area contributed by atoms with Crippen molar-refractivity contribution >= 4 is 0 Å². The smallest absolute Gasteiger partial charge is 0.272 e. The molecule has 114 valence electrons. The second-order valence-corrected chi connectivity index (χ2v) is 3.30. The van der Waals surface area contributed by atoms with Crippen molar-refractivity contribution in [1.82, 2.24) is 4.90 Å². The number of morpholine rings is 1. The first-order valence-corrected chi connectivity index (χ1v) is 4.10. The molecule has 0 aromatic rings. The van der Waals surface area contributed by atoms with Crippen LogP contribution in [0.1, 0.15) is 0 Å². The van der Waals surface area contributed by atoms with E-state index in [-0.39, 0.29) is 0 Å². The molecule has 1 saturated heterocycles. The number of nitrogens with zero attached hydrogens (tertiary/aromatic N) is 1. The van der Waals surface area contributed by atoms with Crippen LogP contribution < -0.4 is 0 Å². The van der Waals surface area contributed by atoms with Crippen molar-refractivity contribution in [2.45, 2.75) is 37.0 Å². The molecule has 0 aromatic heterocycles. The van der Waals surface area contributed by atoms with Gasteiger partial charge in [-0.05, 0) is 0 Å². The van der Waals surface area contributed by atoms with Gasteiger partial charge in [-0.3, -0.25) is 4.74 Å². The zero-order valence-electron chi connectivity index (χ0n) is 8.17. The average molecular weight is 313 g/mol. The number of ether oxygens (including phenoxy) is 1. The van der Waals surface area contributed by atoms with Gasteiger partial charge in [-0.25, -0.2) is 13.2 Å². The molecular weight excluding hydrogens is 311 g/mol. The van der Waals surface area contributed by atoms with E-state index >= 15 is 0 Å². The standard InChI is InChI=1S/C6H2F11NO/c7-1(8)3(10,11)18-4(12,13)2(9)19-6(16,17)5(18,14)15/h1-2H. The van der Waals surface area contributed by atoms with Gasteiger partial charge in [-0.1, -0.05) is 0 Å². The van der Waals surface area contributed by atoms with Gasteiger partial charge in [-0.2, -0.15) is 35.1 Å². The highest BCUT2D eigenvalue weighted by Gasteiger charge is 2.82. The van der Waals surface area contributed by atoms with Gasteiger partial charge in [0.1, 0.15) is 0 Å². The van der Waals surface area contributed by atoms with E-state index in [9.17, 15) is 48.3 Å². The number of rotatable bonds is 2. The minimum absolute atomic E-state index is 2.29. The van der Waals surface area contributed by atoms with Crippen LogP contribution in [0.3, 0.4) is 0 Å². The Balaban J connectivity index is 3.43. The van der Waals surface area contributed by atoms with Gasteiger partial charge in [0, 0.05) is 0 Å². The lowest BCUT2D eigenvalue weighted by Crippen LogP contribution is -2.75. The number of hydrogen-bond acceptors (Lipinski definition) is 2. The van der Waals surface area contributed by atoms with Crippen LogP contribution in [0.5, 0.6) is 0 Å². The van der Waals surface area contributed by atoms with Gasteiger partial charge in [0.05, 0.1) is 0 Å². The normalized spacial score (nSPS) is 30.6. The Morgan fingerprint density at radius 2 is 1.42 bits per heavy atom. The van der Waals surface area contributed by atoms with Crippen LogP contribution in [0, 0.1) is 0 Å². The van der Waals surface area contributed by atoms with E-state index in [1.165, 1.54) is 0 Å². The predicted molar refractivity (Wildman–Crippen MR) is 33.6 cm³/mol. The Bertz CT molecular complexity index is 347. The van der Waals surface area contributed by atoms with Crippen LogP contribution in [0.4, 0.5) is 48.3 Å². The second kappa shape index (κ2) is 4.07. The SMILES string of the molecule is FC(F)C(F)(F)N1C(F)(F)C(F)OC(F)(F)C1(F)F.